The van der Waals surface area contributed by atoms with Crippen LogP contribution in [0.3, 0.4) is 0 Å². The lowest BCUT2D eigenvalue weighted by Crippen LogP contribution is -1.97. The van der Waals surface area contributed by atoms with Gasteiger partial charge in [-0.2, -0.15) is 9.97 Å². The van der Waals surface area contributed by atoms with E-state index in [0.717, 1.165) is 24.2 Å². The molecule has 5 nitrogen and oxygen atoms in total. The largest absolute Gasteiger partial charge is 0.467 e. The maximum absolute atomic E-state index is 5.38. The van der Waals surface area contributed by atoms with Gasteiger partial charge in [0.25, 0.3) is 0 Å². The first-order chi connectivity index (χ1) is 20.7. The van der Waals surface area contributed by atoms with Crippen LogP contribution in [-0.4, -0.2) is 26.2 Å². The van der Waals surface area contributed by atoms with Crippen molar-refractivity contribution >= 4 is 43.6 Å². The van der Waals surface area contributed by atoms with Gasteiger partial charge in [0, 0.05) is 73.9 Å². The van der Waals surface area contributed by atoms with E-state index < -0.39 is 0 Å². The van der Waals surface area contributed by atoms with Crippen LogP contribution in [0.2, 0.25) is 0 Å². The summed E-state index contributed by atoms with van der Waals surface area (Å²) in [7, 11) is 1.55. The molecule has 0 atom stereocenters. The molecule has 7 aromatic rings. The molecule has 0 amide bonds. The Morgan fingerprint density at radius 1 is 0.548 bits per heavy atom. The fraction of sp³-hybridized carbons (Fsp3) is 0.135. The predicted octanol–water partition coefficient (Wildman–Crippen LogP) is 7.54. The highest BCUT2D eigenvalue weighted by molar-refractivity contribution is 6.09. The first kappa shape index (κ1) is 25.4. The molecule has 0 aliphatic carbocycles. The van der Waals surface area contributed by atoms with Gasteiger partial charge in [-0.05, 0) is 74.2 Å². The molecular formula is C37H28N4O. The predicted molar refractivity (Wildman–Crippen MR) is 171 cm³/mol. The summed E-state index contributed by atoms with van der Waals surface area (Å²) in [6, 6.07) is 31.8. The smallest absolute Gasteiger partial charge is 0.318 e. The highest BCUT2D eigenvalue weighted by Crippen LogP contribution is 2.30. The molecule has 202 valence electrons. The summed E-state index contributed by atoms with van der Waals surface area (Å²) in [4.78, 5) is 8.91. The number of nitrogens with zero attached hydrogens (tertiary/aromatic N) is 4. The molecule has 0 aliphatic heterocycles. The van der Waals surface area contributed by atoms with E-state index in [4.69, 9.17) is 4.74 Å². The Labute approximate surface area is 244 Å². The van der Waals surface area contributed by atoms with Gasteiger partial charge < -0.3 is 13.9 Å². The zero-order valence-electron chi connectivity index (χ0n) is 23.8. The Kier molecular flexibility index (Phi) is 6.34. The molecule has 0 radical (unpaired) electrons. The molecule has 7 rings (SSSR count). The maximum Gasteiger partial charge on any atom is 0.318 e. The third kappa shape index (κ3) is 4.33. The number of benzene rings is 4. The van der Waals surface area contributed by atoms with E-state index in [9.17, 15) is 0 Å². The third-order valence-electron chi connectivity index (χ3n) is 7.74. The minimum Gasteiger partial charge on any atom is -0.467 e. The molecule has 0 fully saturated rings. The van der Waals surface area contributed by atoms with Crippen molar-refractivity contribution in [2.24, 2.45) is 0 Å². The Hall–Kier alpha value is -5.52. The van der Waals surface area contributed by atoms with Crippen molar-refractivity contribution in [2.45, 2.75) is 26.9 Å². The summed E-state index contributed by atoms with van der Waals surface area (Å²) in [5.41, 5.74) is 7.86. The maximum atomic E-state index is 5.38. The Morgan fingerprint density at radius 2 is 1.00 bits per heavy atom. The molecular weight excluding hydrogens is 516 g/mol. The summed E-state index contributed by atoms with van der Waals surface area (Å²) >= 11 is 0. The molecule has 0 bridgehead atoms. The van der Waals surface area contributed by atoms with Crippen LogP contribution in [0, 0.1) is 23.7 Å². The quantitative estimate of drug-likeness (QED) is 0.216. The average molecular weight is 545 g/mol. The Morgan fingerprint density at radius 3 is 1.45 bits per heavy atom. The van der Waals surface area contributed by atoms with Crippen molar-refractivity contribution in [1.82, 2.24) is 19.1 Å². The van der Waals surface area contributed by atoms with E-state index in [-0.39, 0.29) is 6.01 Å². The highest BCUT2D eigenvalue weighted by Gasteiger charge is 2.10. The van der Waals surface area contributed by atoms with Crippen LogP contribution >= 0.6 is 0 Å². The molecule has 0 aliphatic rings. The molecule has 0 spiro atoms. The lowest BCUT2D eigenvalue weighted by molar-refractivity contribution is 0.379. The molecule has 42 heavy (non-hydrogen) atoms. The SMILES string of the molecule is CCn1c2ccccc2c2cc(C#Cc3cc(C#Cc4ccc5c(c4)c4ccccc4n5CC)nc(OC)n3)ccc21. The Bertz CT molecular complexity index is 2120. The monoisotopic (exact) mass is 544 g/mol. The second kappa shape index (κ2) is 10.5. The van der Waals surface area contributed by atoms with Gasteiger partial charge >= 0.3 is 6.01 Å². The van der Waals surface area contributed by atoms with Gasteiger partial charge in [0.2, 0.25) is 0 Å². The Balaban J connectivity index is 1.24. The number of aromatic nitrogens is 4. The van der Waals surface area contributed by atoms with Crippen molar-refractivity contribution < 1.29 is 4.74 Å². The first-order valence-electron chi connectivity index (χ1n) is 14.2. The standard InChI is InChI=1S/C37H28N4O/c1-4-40-33-12-8-6-10-29(33)31-22-25(16-20-35(31)40)14-18-27-24-28(39-37(38-27)42-3)19-15-26-17-21-36-32(23-26)30-11-7-9-13-34(30)41(36)5-2/h6-13,16-17,20-24H,4-5H2,1-3H3. The lowest BCUT2D eigenvalue weighted by atomic mass is 10.1. The molecule has 3 aromatic heterocycles. The molecule has 4 aromatic carbocycles. The summed E-state index contributed by atoms with van der Waals surface area (Å²) in [6.07, 6.45) is 0. The van der Waals surface area contributed by atoms with Crippen molar-refractivity contribution in [1.29, 1.82) is 0 Å². The minimum atomic E-state index is 0.244. The number of hydrogen-bond donors (Lipinski definition) is 0. The van der Waals surface area contributed by atoms with E-state index in [0.29, 0.717) is 11.4 Å². The first-order valence-corrected chi connectivity index (χ1v) is 14.2. The van der Waals surface area contributed by atoms with Crippen LogP contribution in [0.1, 0.15) is 36.4 Å². The van der Waals surface area contributed by atoms with Gasteiger partial charge in [0.1, 0.15) is 11.4 Å². The molecule has 0 saturated heterocycles. The van der Waals surface area contributed by atoms with Gasteiger partial charge in [0.15, 0.2) is 0 Å². The normalized spacial score (nSPS) is 11.0. The van der Waals surface area contributed by atoms with E-state index in [1.165, 1.54) is 43.6 Å². The average Bonchev–Trinajstić information content (AvgIpc) is 3.54. The van der Waals surface area contributed by atoms with Crippen LogP contribution in [0.5, 0.6) is 6.01 Å². The number of hydrogen-bond acceptors (Lipinski definition) is 3. The number of ether oxygens (including phenoxy) is 1. The molecule has 0 unspecified atom stereocenters. The fourth-order valence-corrected chi connectivity index (χ4v) is 5.86. The van der Waals surface area contributed by atoms with Gasteiger partial charge in [-0.3, -0.25) is 0 Å². The zero-order valence-corrected chi connectivity index (χ0v) is 23.8. The highest BCUT2D eigenvalue weighted by atomic mass is 16.5. The van der Waals surface area contributed by atoms with Gasteiger partial charge in [-0.1, -0.05) is 48.2 Å². The molecule has 0 saturated carbocycles. The lowest BCUT2D eigenvalue weighted by Gasteiger charge is -2.02. The summed E-state index contributed by atoms with van der Waals surface area (Å²) < 4.78 is 10.0. The summed E-state index contributed by atoms with van der Waals surface area (Å²) in [5, 5.41) is 4.86. The van der Waals surface area contributed by atoms with Crippen LogP contribution in [0.15, 0.2) is 91.0 Å². The number of rotatable bonds is 3. The van der Waals surface area contributed by atoms with Crippen LogP contribution < -0.4 is 4.74 Å². The van der Waals surface area contributed by atoms with E-state index in [1.807, 2.05) is 6.07 Å². The van der Waals surface area contributed by atoms with Crippen LogP contribution in [0.4, 0.5) is 0 Å². The van der Waals surface area contributed by atoms with Crippen molar-refractivity contribution in [3.8, 4) is 29.7 Å². The van der Waals surface area contributed by atoms with E-state index in [1.54, 1.807) is 7.11 Å². The third-order valence-corrected chi connectivity index (χ3v) is 7.74. The van der Waals surface area contributed by atoms with E-state index in [2.05, 4.69) is 142 Å². The minimum absolute atomic E-state index is 0.244. The molecule has 5 heteroatoms. The van der Waals surface area contributed by atoms with Crippen LogP contribution in [0.25, 0.3) is 43.6 Å². The number of para-hydroxylation sites is 2. The van der Waals surface area contributed by atoms with Crippen molar-refractivity contribution in [2.75, 3.05) is 7.11 Å². The fourth-order valence-electron chi connectivity index (χ4n) is 5.86. The molecule has 3 heterocycles. The van der Waals surface area contributed by atoms with E-state index >= 15 is 0 Å². The van der Waals surface area contributed by atoms with Crippen molar-refractivity contribution in [3.05, 3.63) is 114 Å². The number of methoxy groups -OCH3 is 1. The zero-order chi connectivity index (χ0) is 28.6. The van der Waals surface area contributed by atoms with Gasteiger partial charge in [-0.25, -0.2) is 0 Å². The number of aryl methyl sites for hydroxylation is 2. The number of fused-ring (bicyclic) bond motifs is 6. The summed E-state index contributed by atoms with van der Waals surface area (Å²) in [5.74, 6) is 13.0. The second-order valence-corrected chi connectivity index (χ2v) is 10.1. The molecule has 0 N–H and O–H groups in total. The topological polar surface area (TPSA) is 44.9 Å². The second-order valence-electron chi connectivity index (χ2n) is 10.1. The van der Waals surface area contributed by atoms with Gasteiger partial charge in [0.05, 0.1) is 7.11 Å². The summed E-state index contributed by atoms with van der Waals surface area (Å²) in [6.45, 7) is 6.17. The van der Waals surface area contributed by atoms with Gasteiger partial charge in [-0.15, -0.1) is 0 Å². The van der Waals surface area contributed by atoms with Crippen LogP contribution in [-0.2, 0) is 13.1 Å². The van der Waals surface area contributed by atoms with Crippen molar-refractivity contribution in [3.63, 3.8) is 0 Å².